The third kappa shape index (κ3) is 3.70. The van der Waals surface area contributed by atoms with Gasteiger partial charge in [0, 0.05) is 13.1 Å². The van der Waals surface area contributed by atoms with Gasteiger partial charge in [-0.25, -0.2) is 9.59 Å². The molecule has 0 aliphatic rings. The molecule has 0 fully saturated rings. The summed E-state index contributed by atoms with van der Waals surface area (Å²) in [6.07, 6.45) is 0. The monoisotopic (exact) mass is 268 g/mol. The standard InChI is InChI=1S/C12H20N4O3/c1-6-19-11(17)9-8(4)15-16(5)10(9)14-12(18)13-7(2)3/h7H,6H2,1-5H3,(H2,13,14,18). The number of amides is 2. The molecule has 0 radical (unpaired) electrons. The molecule has 106 valence electrons. The fourth-order valence-corrected chi connectivity index (χ4v) is 1.66. The van der Waals surface area contributed by atoms with Crippen LogP contribution < -0.4 is 10.6 Å². The van der Waals surface area contributed by atoms with E-state index in [4.69, 9.17) is 4.74 Å². The topological polar surface area (TPSA) is 85.2 Å². The van der Waals surface area contributed by atoms with Crippen LogP contribution in [0, 0.1) is 6.92 Å². The van der Waals surface area contributed by atoms with Crippen LogP contribution >= 0.6 is 0 Å². The molecular weight excluding hydrogens is 248 g/mol. The molecule has 7 nitrogen and oxygen atoms in total. The maximum Gasteiger partial charge on any atom is 0.343 e. The molecule has 0 atom stereocenters. The number of aryl methyl sites for hydroxylation is 2. The summed E-state index contributed by atoms with van der Waals surface area (Å²) in [6, 6.07) is -0.385. The molecule has 1 heterocycles. The Bertz CT molecular complexity index is 480. The fourth-order valence-electron chi connectivity index (χ4n) is 1.66. The second-order valence-corrected chi connectivity index (χ2v) is 4.41. The van der Waals surface area contributed by atoms with Gasteiger partial charge in [-0.1, -0.05) is 0 Å². The molecule has 0 saturated carbocycles. The van der Waals surface area contributed by atoms with Gasteiger partial charge in [0.05, 0.1) is 12.3 Å². The number of aromatic nitrogens is 2. The van der Waals surface area contributed by atoms with Gasteiger partial charge in [-0.2, -0.15) is 5.10 Å². The van der Waals surface area contributed by atoms with Gasteiger partial charge < -0.3 is 10.1 Å². The summed E-state index contributed by atoms with van der Waals surface area (Å²) in [4.78, 5) is 23.6. The number of anilines is 1. The van der Waals surface area contributed by atoms with Crippen molar-refractivity contribution < 1.29 is 14.3 Å². The molecule has 1 rings (SSSR count). The van der Waals surface area contributed by atoms with Gasteiger partial charge in [-0.05, 0) is 27.7 Å². The van der Waals surface area contributed by atoms with E-state index in [1.807, 2.05) is 13.8 Å². The number of nitrogens with zero attached hydrogens (tertiary/aromatic N) is 2. The Morgan fingerprint density at radius 3 is 2.58 bits per heavy atom. The summed E-state index contributed by atoms with van der Waals surface area (Å²) >= 11 is 0. The van der Waals surface area contributed by atoms with E-state index >= 15 is 0 Å². The largest absolute Gasteiger partial charge is 0.462 e. The molecule has 0 aliphatic carbocycles. The van der Waals surface area contributed by atoms with Gasteiger partial charge in [0.1, 0.15) is 11.4 Å². The Balaban J connectivity index is 2.99. The molecule has 7 heteroatoms. The van der Waals surface area contributed by atoms with Gasteiger partial charge in [0.15, 0.2) is 0 Å². The van der Waals surface area contributed by atoms with Crippen molar-refractivity contribution in [2.24, 2.45) is 7.05 Å². The number of nitrogens with one attached hydrogen (secondary N) is 2. The average Bonchev–Trinajstić information content (AvgIpc) is 2.52. The highest BCUT2D eigenvalue weighted by atomic mass is 16.5. The van der Waals surface area contributed by atoms with E-state index in [2.05, 4.69) is 15.7 Å². The van der Waals surface area contributed by atoms with E-state index < -0.39 is 5.97 Å². The van der Waals surface area contributed by atoms with Crippen LogP contribution in [-0.4, -0.2) is 34.4 Å². The van der Waals surface area contributed by atoms with Crippen LogP contribution in [0.2, 0.25) is 0 Å². The molecule has 0 aliphatic heterocycles. The fraction of sp³-hybridized carbons (Fsp3) is 0.583. The lowest BCUT2D eigenvalue weighted by Crippen LogP contribution is -2.35. The molecule has 1 aromatic heterocycles. The number of esters is 1. The Hall–Kier alpha value is -2.05. The SMILES string of the molecule is CCOC(=O)c1c(C)nn(C)c1NC(=O)NC(C)C. The Labute approximate surface area is 112 Å². The molecule has 0 unspecified atom stereocenters. The maximum atomic E-state index is 11.9. The smallest absolute Gasteiger partial charge is 0.343 e. The minimum Gasteiger partial charge on any atom is -0.462 e. The normalized spacial score (nSPS) is 10.4. The zero-order valence-corrected chi connectivity index (χ0v) is 11.9. The van der Waals surface area contributed by atoms with Crippen LogP contribution in [0.4, 0.5) is 10.6 Å². The van der Waals surface area contributed by atoms with Crippen LogP contribution in [0.1, 0.15) is 36.8 Å². The first-order chi connectivity index (χ1) is 8.86. The van der Waals surface area contributed by atoms with Crippen molar-refractivity contribution in [1.82, 2.24) is 15.1 Å². The first-order valence-electron chi connectivity index (χ1n) is 6.15. The van der Waals surface area contributed by atoms with Crippen molar-refractivity contribution in [2.75, 3.05) is 11.9 Å². The molecule has 0 aromatic carbocycles. The van der Waals surface area contributed by atoms with Gasteiger partial charge in [0.25, 0.3) is 0 Å². The van der Waals surface area contributed by atoms with E-state index in [1.54, 1.807) is 20.9 Å². The number of hydrogen-bond donors (Lipinski definition) is 2. The van der Waals surface area contributed by atoms with E-state index in [-0.39, 0.29) is 24.2 Å². The molecule has 1 aromatic rings. The van der Waals surface area contributed by atoms with Crippen LogP contribution in [0.5, 0.6) is 0 Å². The van der Waals surface area contributed by atoms with Crippen molar-refractivity contribution in [3.05, 3.63) is 11.3 Å². The second kappa shape index (κ2) is 6.21. The highest BCUT2D eigenvalue weighted by Crippen LogP contribution is 2.19. The highest BCUT2D eigenvalue weighted by molar-refractivity contribution is 6.00. The summed E-state index contributed by atoms with van der Waals surface area (Å²) in [5, 5.41) is 9.42. The maximum absolute atomic E-state index is 11.9. The number of carbonyl (C=O) groups is 2. The highest BCUT2D eigenvalue weighted by Gasteiger charge is 2.22. The lowest BCUT2D eigenvalue weighted by molar-refractivity contribution is 0.0526. The quantitative estimate of drug-likeness (QED) is 0.809. The Morgan fingerprint density at radius 2 is 2.05 bits per heavy atom. The number of hydrogen-bond acceptors (Lipinski definition) is 4. The minimum absolute atomic E-state index is 0.000341. The van der Waals surface area contributed by atoms with E-state index in [0.717, 1.165) is 0 Å². The zero-order chi connectivity index (χ0) is 14.6. The number of urea groups is 1. The van der Waals surface area contributed by atoms with E-state index in [1.165, 1.54) is 4.68 Å². The Kier molecular flexibility index (Phi) is 4.91. The van der Waals surface area contributed by atoms with Crippen LogP contribution in [0.15, 0.2) is 0 Å². The first-order valence-corrected chi connectivity index (χ1v) is 6.15. The lowest BCUT2D eigenvalue weighted by atomic mass is 10.2. The van der Waals surface area contributed by atoms with E-state index in [9.17, 15) is 9.59 Å². The summed E-state index contributed by atoms with van der Waals surface area (Å²) in [6.45, 7) is 7.38. The van der Waals surface area contributed by atoms with Crippen molar-refractivity contribution in [1.29, 1.82) is 0 Å². The van der Waals surface area contributed by atoms with E-state index in [0.29, 0.717) is 11.5 Å². The second-order valence-electron chi connectivity index (χ2n) is 4.41. The van der Waals surface area contributed by atoms with Crippen LogP contribution in [-0.2, 0) is 11.8 Å². The number of rotatable bonds is 4. The molecule has 0 spiro atoms. The molecular formula is C12H20N4O3. The van der Waals surface area contributed by atoms with Crippen molar-refractivity contribution >= 4 is 17.8 Å². The summed E-state index contributed by atoms with van der Waals surface area (Å²) in [5.41, 5.74) is 0.795. The number of carbonyl (C=O) groups excluding carboxylic acids is 2. The third-order valence-electron chi connectivity index (χ3n) is 2.35. The predicted molar refractivity (Wildman–Crippen MR) is 71.2 cm³/mol. The minimum atomic E-state index is -0.493. The summed E-state index contributed by atoms with van der Waals surface area (Å²) < 4.78 is 6.41. The molecule has 19 heavy (non-hydrogen) atoms. The van der Waals surface area contributed by atoms with Crippen molar-refractivity contribution in [2.45, 2.75) is 33.7 Å². The molecule has 0 saturated heterocycles. The average molecular weight is 268 g/mol. The summed E-state index contributed by atoms with van der Waals surface area (Å²) in [5.74, 6) is -0.165. The van der Waals surface area contributed by atoms with Crippen LogP contribution in [0.3, 0.4) is 0 Å². The van der Waals surface area contributed by atoms with Crippen molar-refractivity contribution in [3.63, 3.8) is 0 Å². The Morgan fingerprint density at radius 1 is 1.42 bits per heavy atom. The zero-order valence-electron chi connectivity index (χ0n) is 11.9. The van der Waals surface area contributed by atoms with Gasteiger partial charge in [-0.3, -0.25) is 10.00 Å². The van der Waals surface area contributed by atoms with Crippen LogP contribution in [0.25, 0.3) is 0 Å². The lowest BCUT2D eigenvalue weighted by Gasteiger charge is -2.11. The molecule has 2 amide bonds. The third-order valence-corrected chi connectivity index (χ3v) is 2.35. The van der Waals surface area contributed by atoms with Gasteiger partial charge in [0.2, 0.25) is 0 Å². The summed E-state index contributed by atoms with van der Waals surface area (Å²) in [7, 11) is 1.65. The number of ether oxygens (including phenoxy) is 1. The molecule has 0 bridgehead atoms. The molecule has 2 N–H and O–H groups in total. The van der Waals surface area contributed by atoms with Gasteiger partial charge in [-0.15, -0.1) is 0 Å². The first kappa shape index (κ1) is 15.0. The van der Waals surface area contributed by atoms with Crippen molar-refractivity contribution in [3.8, 4) is 0 Å². The predicted octanol–water partition coefficient (Wildman–Crippen LogP) is 1.44. The van der Waals surface area contributed by atoms with Gasteiger partial charge >= 0.3 is 12.0 Å².